The van der Waals surface area contributed by atoms with Gasteiger partial charge in [-0.2, -0.15) is 5.26 Å². The molecule has 2 rings (SSSR count). The molecule has 18 heavy (non-hydrogen) atoms. The zero-order valence-electron chi connectivity index (χ0n) is 10.7. The van der Waals surface area contributed by atoms with Crippen LogP contribution in [0.2, 0.25) is 0 Å². The summed E-state index contributed by atoms with van der Waals surface area (Å²) in [7, 11) is 3.28. The highest BCUT2D eigenvalue weighted by atomic mass is 16.5. The van der Waals surface area contributed by atoms with Crippen molar-refractivity contribution in [1.29, 1.82) is 5.26 Å². The number of hydrogen-bond donors (Lipinski definition) is 0. The van der Waals surface area contributed by atoms with Gasteiger partial charge < -0.3 is 9.30 Å². The number of aryl methyl sites for hydroxylation is 2. The molecule has 0 saturated heterocycles. The van der Waals surface area contributed by atoms with Crippen LogP contribution in [-0.4, -0.2) is 11.7 Å². The summed E-state index contributed by atoms with van der Waals surface area (Å²) in [5.41, 5.74) is 2.20. The van der Waals surface area contributed by atoms with Gasteiger partial charge >= 0.3 is 0 Å². The summed E-state index contributed by atoms with van der Waals surface area (Å²) >= 11 is 0. The summed E-state index contributed by atoms with van der Waals surface area (Å²) in [6.07, 6.45) is 0.124. The van der Waals surface area contributed by atoms with Gasteiger partial charge in [-0.1, -0.05) is 6.07 Å². The maximum absolute atomic E-state index is 12.1. The number of ether oxygens (including phenoxy) is 1. The van der Waals surface area contributed by atoms with E-state index in [1.807, 2.05) is 25.1 Å². The number of aromatic nitrogens is 1. The second-order valence-corrected chi connectivity index (χ2v) is 4.22. The molecule has 0 radical (unpaired) electrons. The highest BCUT2D eigenvalue weighted by Gasteiger charge is 2.12. The van der Waals surface area contributed by atoms with Crippen LogP contribution in [0, 0.1) is 18.3 Å². The Morgan fingerprint density at radius 2 is 2.17 bits per heavy atom. The molecule has 0 spiro atoms. The first-order chi connectivity index (χ1) is 8.60. The first-order valence-corrected chi connectivity index (χ1v) is 5.63. The van der Waals surface area contributed by atoms with Crippen LogP contribution in [0.5, 0.6) is 5.75 Å². The molecular weight excluding hydrogens is 228 g/mol. The van der Waals surface area contributed by atoms with Gasteiger partial charge in [0.2, 0.25) is 0 Å². The molecule has 0 fully saturated rings. The van der Waals surface area contributed by atoms with E-state index in [0.29, 0.717) is 11.3 Å². The van der Waals surface area contributed by atoms with E-state index >= 15 is 0 Å². The van der Waals surface area contributed by atoms with E-state index in [4.69, 9.17) is 10.00 Å². The van der Waals surface area contributed by atoms with Gasteiger partial charge in [0.05, 0.1) is 25.1 Å². The maximum Gasteiger partial charge on any atom is 0.255 e. The molecule has 0 bridgehead atoms. The van der Waals surface area contributed by atoms with Crippen LogP contribution < -0.4 is 10.3 Å². The first kappa shape index (κ1) is 12.2. The van der Waals surface area contributed by atoms with E-state index in [1.54, 1.807) is 24.8 Å². The van der Waals surface area contributed by atoms with Gasteiger partial charge in [0.15, 0.2) is 0 Å². The van der Waals surface area contributed by atoms with Crippen LogP contribution in [-0.2, 0) is 13.5 Å². The van der Waals surface area contributed by atoms with Crippen LogP contribution in [0.1, 0.15) is 11.1 Å². The number of rotatable bonds is 2. The van der Waals surface area contributed by atoms with Crippen molar-refractivity contribution >= 4 is 10.9 Å². The van der Waals surface area contributed by atoms with E-state index < -0.39 is 0 Å². The fourth-order valence-electron chi connectivity index (χ4n) is 2.15. The fourth-order valence-corrected chi connectivity index (χ4v) is 2.15. The second-order valence-electron chi connectivity index (χ2n) is 4.22. The molecule has 0 aliphatic rings. The average molecular weight is 242 g/mol. The lowest BCUT2D eigenvalue weighted by Gasteiger charge is -2.13. The van der Waals surface area contributed by atoms with Crippen molar-refractivity contribution in [3.05, 3.63) is 39.7 Å². The van der Waals surface area contributed by atoms with Crippen LogP contribution >= 0.6 is 0 Å². The molecule has 0 atom stereocenters. The third-order valence-corrected chi connectivity index (χ3v) is 3.12. The molecule has 1 heterocycles. The maximum atomic E-state index is 12.1. The average Bonchev–Trinajstić information content (AvgIpc) is 2.37. The normalized spacial score (nSPS) is 10.3. The lowest BCUT2D eigenvalue weighted by atomic mass is 10.1. The van der Waals surface area contributed by atoms with Crippen molar-refractivity contribution in [3.8, 4) is 11.8 Å². The van der Waals surface area contributed by atoms with Gasteiger partial charge in [-0.15, -0.1) is 0 Å². The van der Waals surface area contributed by atoms with Gasteiger partial charge in [0.25, 0.3) is 5.56 Å². The summed E-state index contributed by atoms with van der Waals surface area (Å²) in [4.78, 5) is 12.1. The van der Waals surface area contributed by atoms with Crippen molar-refractivity contribution in [2.24, 2.45) is 7.05 Å². The molecule has 1 aromatic heterocycles. The van der Waals surface area contributed by atoms with Crippen molar-refractivity contribution < 1.29 is 4.74 Å². The molecule has 0 N–H and O–H groups in total. The van der Waals surface area contributed by atoms with Crippen molar-refractivity contribution in [1.82, 2.24) is 4.57 Å². The van der Waals surface area contributed by atoms with Crippen molar-refractivity contribution in [3.63, 3.8) is 0 Å². The Morgan fingerprint density at radius 3 is 2.78 bits per heavy atom. The fraction of sp³-hybridized carbons (Fsp3) is 0.286. The summed E-state index contributed by atoms with van der Waals surface area (Å²) in [6.45, 7) is 1.97. The molecule has 0 amide bonds. The number of methoxy groups -OCH3 is 1. The molecular formula is C14H14N2O2. The predicted molar refractivity (Wildman–Crippen MR) is 69.8 cm³/mol. The minimum Gasteiger partial charge on any atom is -0.495 e. The van der Waals surface area contributed by atoms with Crippen LogP contribution in [0.25, 0.3) is 10.9 Å². The van der Waals surface area contributed by atoms with E-state index in [0.717, 1.165) is 16.5 Å². The molecule has 0 aliphatic carbocycles. The predicted octanol–water partition coefficient (Wildman–Crippen LogP) is 1.92. The Kier molecular flexibility index (Phi) is 3.07. The van der Waals surface area contributed by atoms with Gasteiger partial charge in [-0.3, -0.25) is 4.79 Å². The third kappa shape index (κ3) is 1.74. The Hall–Kier alpha value is -2.28. The smallest absolute Gasteiger partial charge is 0.255 e. The molecule has 1 aromatic carbocycles. The van der Waals surface area contributed by atoms with Gasteiger partial charge in [0, 0.05) is 18.0 Å². The lowest BCUT2D eigenvalue weighted by Crippen LogP contribution is -2.21. The Bertz CT molecular complexity index is 708. The first-order valence-electron chi connectivity index (χ1n) is 5.63. The Morgan fingerprint density at radius 1 is 1.44 bits per heavy atom. The number of fused-ring (bicyclic) bond motifs is 1. The van der Waals surface area contributed by atoms with E-state index in [9.17, 15) is 4.79 Å². The van der Waals surface area contributed by atoms with E-state index in [2.05, 4.69) is 0 Å². The van der Waals surface area contributed by atoms with Gasteiger partial charge in [-0.25, -0.2) is 0 Å². The topological polar surface area (TPSA) is 55.0 Å². The van der Waals surface area contributed by atoms with Gasteiger partial charge in [-0.05, 0) is 24.6 Å². The largest absolute Gasteiger partial charge is 0.495 e. The van der Waals surface area contributed by atoms with Crippen LogP contribution in [0.4, 0.5) is 0 Å². The number of nitriles is 1. The summed E-state index contributed by atoms with van der Waals surface area (Å²) in [5, 5.41) is 9.70. The minimum atomic E-state index is -0.145. The van der Waals surface area contributed by atoms with Crippen molar-refractivity contribution in [2.75, 3.05) is 7.11 Å². The highest BCUT2D eigenvalue weighted by Crippen LogP contribution is 2.27. The number of hydrogen-bond acceptors (Lipinski definition) is 3. The molecule has 0 saturated carbocycles. The third-order valence-electron chi connectivity index (χ3n) is 3.12. The molecule has 4 heteroatoms. The Labute approximate surface area is 105 Å². The monoisotopic (exact) mass is 242 g/mol. The summed E-state index contributed by atoms with van der Waals surface area (Å²) < 4.78 is 6.84. The Balaban J connectivity index is 2.95. The lowest BCUT2D eigenvalue weighted by molar-refractivity contribution is 0.417. The molecule has 2 aromatic rings. The van der Waals surface area contributed by atoms with Crippen LogP contribution in [0.3, 0.4) is 0 Å². The quantitative estimate of drug-likeness (QED) is 0.808. The second kappa shape index (κ2) is 4.53. The van der Waals surface area contributed by atoms with Crippen LogP contribution in [0.15, 0.2) is 23.0 Å². The van der Waals surface area contributed by atoms with Crippen molar-refractivity contribution in [2.45, 2.75) is 13.3 Å². The number of nitrogens with zero attached hydrogens (tertiary/aromatic N) is 2. The highest BCUT2D eigenvalue weighted by molar-refractivity contribution is 5.88. The zero-order chi connectivity index (χ0) is 13.3. The summed E-state index contributed by atoms with van der Waals surface area (Å²) in [5.74, 6) is 0.665. The SMILES string of the molecule is COc1ccc(C)c2cc(CC#N)c(=O)n(C)c12. The molecule has 92 valence electrons. The molecule has 0 unspecified atom stereocenters. The standard InChI is InChI=1S/C14H14N2O2/c1-9-4-5-12(18-3)13-11(9)8-10(6-7-15)14(17)16(13)2/h4-5,8H,6H2,1-3H3. The summed E-state index contributed by atoms with van der Waals surface area (Å²) in [6, 6.07) is 7.61. The number of pyridine rings is 1. The van der Waals surface area contributed by atoms with E-state index in [-0.39, 0.29) is 12.0 Å². The van der Waals surface area contributed by atoms with Gasteiger partial charge in [0.1, 0.15) is 5.75 Å². The molecule has 0 aliphatic heterocycles. The van der Waals surface area contributed by atoms with E-state index in [1.165, 1.54) is 0 Å². The molecule has 4 nitrogen and oxygen atoms in total. The zero-order valence-corrected chi connectivity index (χ0v) is 10.7. The minimum absolute atomic E-state index is 0.124. The number of benzene rings is 1.